The Kier molecular flexibility index (Phi) is 5.97. The van der Waals surface area contributed by atoms with Crippen LogP contribution < -0.4 is 16.2 Å². The van der Waals surface area contributed by atoms with E-state index in [4.69, 9.17) is 0 Å². The molecule has 0 saturated heterocycles. The number of carbonyl (C=O) groups is 1. The SMILES string of the molecule is Cc1ccn(-c2ccc(NCCNC(=O)CCn3cnc4ccccc4c3=O)nn2)n1. The molecule has 10 nitrogen and oxygen atoms in total. The van der Waals surface area contributed by atoms with Crippen LogP contribution in [0, 0.1) is 6.92 Å². The van der Waals surface area contributed by atoms with Gasteiger partial charge in [0.15, 0.2) is 5.82 Å². The molecule has 4 rings (SSSR count). The van der Waals surface area contributed by atoms with Crippen molar-refractivity contribution in [3.63, 3.8) is 0 Å². The zero-order valence-electron chi connectivity index (χ0n) is 17.0. The number of amides is 1. The molecule has 0 aliphatic carbocycles. The first-order valence-electron chi connectivity index (χ1n) is 9.91. The molecule has 158 valence electrons. The number of para-hydroxylation sites is 1. The van der Waals surface area contributed by atoms with Gasteiger partial charge in [-0.1, -0.05) is 12.1 Å². The van der Waals surface area contributed by atoms with Gasteiger partial charge >= 0.3 is 0 Å². The Labute approximate surface area is 178 Å². The molecule has 0 aliphatic rings. The van der Waals surface area contributed by atoms with E-state index in [-0.39, 0.29) is 24.4 Å². The molecule has 3 heterocycles. The van der Waals surface area contributed by atoms with Crippen molar-refractivity contribution in [1.29, 1.82) is 0 Å². The van der Waals surface area contributed by atoms with E-state index in [1.54, 1.807) is 28.9 Å². The van der Waals surface area contributed by atoms with Crippen LogP contribution in [0.1, 0.15) is 12.1 Å². The highest BCUT2D eigenvalue weighted by Gasteiger charge is 2.06. The Morgan fingerprint density at radius 3 is 2.71 bits per heavy atom. The molecule has 0 aliphatic heterocycles. The third-order valence-electron chi connectivity index (χ3n) is 4.67. The van der Waals surface area contributed by atoms with E-state index in [0.29, 0.717) is 35.6 Å². The van der Waals surface area contributed by atoms with Crippen LogP contribution in [-0.2, 0) is 11.3 Å². The second-order valence-electron chi connectivity index (χ2n) is 6.97. The summed E-state index contributed by atoms with van der Waals surface area (Å²) in [6.07, 6.45) is 3.49. The Morgan fingerprint density at radius 2 is 1.94 bits per heavy atom. The second kappa shape index (κ2) is 9.16. The van der Waals surface area contributed by atoms with Gasteiger partial charge in [-0.05, 0) is 37.3 Å². The quantitative estimate of drug-likeness (QED) is 0.414. The van der Waals surface area contributed by atoms with Gasteiger partial charge in [-0.2, -0.15) is 5.10 Å². The molecule has 0 radical (unpaired) electrons. The molecular formula is C21H22N8O2. The van der Waals surface area contributed by atoms with Gasteiger partial charge in [0.2, 0.25) is 5.91 Å². The molecule has 0 fully saturated rings. The monoisotopic (exact) mass is 418 g/mol. The number of benzene rings is 1. The number of nitrogens with one attached hydrogen (secondary N) is 2. The maximum Gasteiger partial charge on any atom is 0.261 e. The van der Waals surface area contributed by atoms with Crippen molar-refractivity contribution in [2.75, 3.05) is 18.4 Å². The smallest absolute Gasteiger partial charge is 0.261 e. The Bertz CT molecular complexity index is 1250. The first-order chi connectivity index (χ1) is 15.1. The zero-order chi connectivity index (χ0) is 21.6. The van der Waals surface area contributed by atoms with Crippen molar-refractivity contribution in [3.05, 3.63) is 71.0 Å². The summed E-state index contributed by atoms with van der Waals surface area (Å²) >= 11 is 0. The van der Waals surface area contributed by atoms with E-state index < -0.39 is 0 Å². The highest BCUT2D eigenvalue weighted by molar-refractivity contribution is 5.77. The number of anilines is 1. The van der Waals surface area contributed by atoms with Gasteiger partial charge in [0.05, 0.1) is 22.9 Å². The Hall–Kier alpha value is -4.08. The first kappa shape index (κ1) is 20.2. The second-order valence-corrected chi connectivity index (χ2v) is 6.97. The van der Waals surface area contributed by atoms with Crippen molar-refractivity contribution in [1.82, 2.24) is 34.8 Å². The fourth-order valence-corrected chi connectivity index (χ4v) is 3.05. The van der Waals surface area contributed by atoms with Crippen LogP contribution in [-0.4, -0.2) is 48.5 Å². The van der Waals surface area contributed by atoms with Gasteiger partial charge in [-0.15, -0.1) is 10.2 Å². The minimum atomic E-state index is -0.146. The van der Waals surface area contributed by atoms with Gasteiger partial charge in [-0.25, -0.2) is 9.67 Å². The van der Waals surface area contributed by atoms with Crippen LogP contribution in [0.3, 0.4) is 0 Å². The van der Waals surface area contributed by atoms with Crippen LogP contribution in [0.2, 0.25) is 0 Å². The minimum absolute atomic E-state index is 0.141. The van der Waals surface area contributed by atoms with Gasteiger partial charge in [0.25, 0.3) is 5.56 Å². The third-order valence-corrected chi connectivity index (χ3v) is 4.67. The van der Waals surface area contributed by atoms with Crippen molar-refractivity contribution in [3.8, 4) is 5.82 Å². The molecule has 3 aromatic heterocycles. The van der Waals surface area contributed by atoms with Crippen molar-refractivity contribution >= 4 is 22.6 Å². The minimum Gasteiger partial charge on any atom is -0.367 e. The molecule has 1 amide bonds. The maximum atomic E-state index is 12.4. The predicted octanol–water partition coefficient (Wildman–Crippen LogP) is 1.30. The molecule has 0 saturated carbocycles. The summed E-state index contributed by atoms with van der Waals surface area (Å²) in [7, 11) is 0. The number of rotatable bonds is 8. The summed E-state index contributed by atoms with van der Waals surface area (Å²) in [5.74, 6) is 1.10. The summed E-state index contributed by atoms with van der Waals surface area (Å²) in [4.78, 5) is 28.8. The number of aryl methyl sites for hydroxylation is 2. The van der Waals surface area contributed by atoms with Crippen LogP contribution in [0.4, 0.5) is 5.82 Å². The van der Waals surface area contributed by atoms with Crippen molar-refractivity contribution in [2.45, 2.75) is 19.9 Å². The van der Waals surface area contributed by atoms with Crippen molar-refractivity contribution < 1.29 is 4.79 Å². The van der Waals surface area contributed by atoms with E-state index in [2.05, 4.69) is 30.9 Å². The Balaban J connectivity index is 1.21. The number of fused-ring (bicyclic) bond motifs is 1. The summed E-state index contributed by atoms with van der Waals surface area (Å²) in [6, 6.07) is 12.7. The molecule has 0 unspecified atom stereocenters. The Morgan fingerprint density at radius 1 is 1.06 bits per heavy atom. The van der Waals surface area contributed by atoms with E-state index >= 15 is 0 Å². The number of aromatic nitrogens is 6. The maximum absolute atomic E-state index is 12.4. The lowest BCUT2D eigenvalue weighted by Crippen LogP contribution is -2.31. The first-order valence-corrected chi connectivity index (χ1v) is 9.91. The van der Waals surface area contributed by atoms with Gasteiger partial charge < -0.3 is 10.6 Å². The van der Waals surface area contributed by atoms with Crippen LogP contribution in [0.5, 0.6) is 0 Å². The topological polar surface area (TPSA) is 120 Å². The zero-order valence-corrected chi connectivity index (χ0v) is 17.0. The predicted molar refractivity (Wildman–Crippen MR) is 116 cm³/mol. The summed E-state index contributed by atoms with van der Waals surface area (Å²) in [5.41, 5.74) is 1.41. The van der Waals surface area contributed by atoms with E-state index in [1.807, 2.05) is 31.3 Å². The van der Waals surface area contributed by atoms with E-state index in [1.165, 1.54) is 10.9 Å². The normalized spacial score (nSPS) is 10.9. The van der Waals surface area contributed by atoms with Crippen molar-refractivity contribution in [2.24, 2.45) is 0 Å². The number of nitrogens with zero attached hydrogens (tertiary/aromatic N) is 6. The van der Waals surface area contributed by atoms with Gasteiger partial charge in [-0.3, -0.25) is 14.2 Å². The fraction of sp³-hybridized carbons (Fsp3) is 0.238. The third kappa shape index (κ3) is 4.92. The molecule has 0 atom stereocenters. The molecule has 2 N–H and O–H groups in total. The highest BCUT2D eigenvalue weighted by Crippen LogP contribution is 2.07. The fourth-order valence-electron chi connectivity index (χ4n) is 3.05. The molecule has 10 heteroatoms. The average molecular weight is 418 g/mol. The van der Waals surface area contributed by atoms with Gasteiger partial charge in [0, 0.05) is 32.3 Å². The molecule has 0 spiro atoms. The van der Waals surface area contributed by atoms with E-state index in [9.17, 15) is 9.59 Å². The average Bonchev–Trinajstić information content (AvgIpc) is 3.23. The van der Waals surface area contributed by atoms with Gasteiger partial charge in [0.1, 0.15) is 5.82 Å². The number of hydrogen-bond donors (Lipinski definition) is 2. The largest absolute Gasteiger partial charge is 0.367 e. The van der Waals surface area contributed by atoms with Crippen LogP contribution >= 0.6 is 0 Å². The lowest BCUT2D eigenvalue weighted by molar-refractivity contribution is -0.121. The lowest BCUT2D eigenvalue weighted by Gasteiger charge is -2.09. The highest BCUT2D eigenvalue weighted by atomic mass is 16.1. The van der Waals surface area contributed by atoms with Crippen LogP contribution in [0.25, 0.3) is 16.7 Å². The number of hydrogen-bond acceptors (Lipinski definition) is 7. The molecule has 4 aromatic rings. The molecule has 0 bridgehead atoms. The van der Waals surface area contributed by atoms with E-state index in [0.717, 1.165) is 5.69 Å². The molecular weight excluding hydrogens is 396 g/mol. The molecule has 1 aromatic carbocycles. The summed E-state index contributed by atoms with van der Waals surface area (Å²) < 4.78 is 3.11. The summed E-state index contributed by atoms with van der Waals surface area (Å²) in [6.45, 7) is 3.10. The standard InChI is InChI=1S/C21H22N8O2/c1-15-8-13-29(27-15)19-7-6-18(25-26-19)22-10-11-23-20(30)9-12-28-14-24-17-5-3-2-4-16(17)21(28)31/h2-8,13-14H,9-12H2,1H3,(H,22,25)(H,23,30). The summed E-state index contributed by atoms with van der Waals surface area (Å²) in [5, 5.41) is 19.0. The lowest BCUT2D eigenvalue weighted by atomic mass is 10.2. The number of carbonyl (C=O) groups excluding carboxylic acids is 1. The van der Waals surface area contributed by atoms with Crippen LogP contribution in [0.15, 0.2) is 59.8 Å². The molecule has 31 heavy (non-hydrogen) atoms.